The topological polar surface area (TPSA) is 200 Å². The summed E-state index contributed by atoms with van der Waals surface area (Å²) in [6, 6.07) is 17.2. The molecular formula is C42H32Cl6N8O6. The number of carbonyl (C=O) groups is 6. The molecule has 20 heteroatoms. The van der Waals surface area contributed by atoms with Crippen LogP contribution in [0.2, 0.25) is 30.1 Å². The highest BCUT2D eigenvalue weighted by Crippen LogP contribution is 2.31. The summed E-state index contributed by atoms with van der Waals surface area (Å²) in [6.45, 7) is 5.66. The minimum atomic E-state index is -1.58. The zero-order chi connectivity index (χ0) is 45.4. The minimum Gasteiger partial charge on any atom is -0.324 e. The van der Waals surface area contributed by atoms with Crippen molar-refractivity contribution in [2.75, 3.05) is 21.3 Å². The van der Waals surface area contributed by atoms with Crippen molar-refractivity contribution in [3.63, 3.8) is 0 Å². The Bertz CT molecular complexity index is 2530. The maximum absolute atomic E-state index is 13.4. The molecule has 0 aromatic heterocycles. The van der Waals surface area contributed by atoms with E-state index in [1.807, 2.05) is 0 Å². The van der Waals surface area contributed by atoms with Crippen molar-refractivity contribution in [2.45, 2.75) is 39.8 Å². The highest BCUT2D eigenvalue weighted by Gasteiger charge is 2.27. The molecule has 0 radical (unpaired) electrons. The molecule has 0 spiro atoms. The van der Waals surface area contributed by atoms with E-state index in [-0.39, 0.29) is 54.0 Å². The average molecular weight is 957 g/mol. The highest BCUT2D eigenvalue weighted by molar-refractivity contribution is 6.38. The number of Topliss-reactive ketones (excluding diaryl/α,β-unsaturated/α-hetero) is 2. The van der Waals surface area contributed by atoms with E-state index >= 15 is 0 Å². The van der Waals surface area contributed by atoms with E-state index in [0.717, 1.165) is 0 Å². The first-order chi connectivity index (χ1) is 29.3. The van der Waals surface area contributed by atoms with E-state index in [1.54, 1.807) is 26.0 Å². The van der Waals surface area contributed by atoms with Crippen LogP contribution in [-0.2, 0) is 19.2 Å². The van der Waals surface area contributed by atoms with Gasteiger partial charge in [-0.15, -0.1) is 0 Å². The Morgan fingerprint density at radius 3 is 1.16 bits per heavy atom. The molecule has 0 bridgehead atoms. The van der Waals surface area contributed by atoms with Crippen LogP contribution in [0, 0.1) is 13.8 Å². The van der Waals surface area contributed by atoms with Crippen molar-refractivity contribution < 1.29 is 28.8 Å². The fourth-order valence-electron chi connectivity index (χ4n) is 5.44. The summed E-state index contributed by atoms with van der Waals surface area (Å²) in [5.41, 5.74) is 2.36. The molecule has 4 N–H and O–H groups in total. The lowest BCUT2D eigenvalue weighted by Crippen LogP contribution is -2.33. The highest BCUT2D eigenvalue weighted by atomic mass is 35.5. The summed E-state index contributed by atoms with van der Waals surface area (Å²) in [4.78, 5) is 78.0. The standard InChI is InChI=1S/C42H32Cl6N8O6/c1-19-20(2)34(50-42(62)38(22(4)58)56-54-26-8-12-30(46)28(18-26)40(60)52-36-16-24(44)6-10-32(36)48)14-13-33(19)49-41(61)37(21(3)57)55-53-25-7-11-29(45)27(17-25)39(59)51-35-15-23(43)5-9-31(35)47/h5-18,37-38H,1-4H3,(H,49,61)(H,50,62)(H,51,59)(H,52,60). The molecule has 0 saturated carbocycles. The van der Waals surface area contributed by atoms with Crippen LogP contribution in [0.15, 0.2) is 105 Å². The van der Waals surface area contributed by atoms with Crippen molar-refractivity contribution in [2.24, 2.45) is 20.5 Å². The third kappa shape index (κ3) is 12.0. The first-order valence-corrected chi connectivity index (χ1v) is 20.3. The summed E-state index contributed by atoms with van der Waals surface area (Å²) in [7, 11) is 0. The summed E-state index contributed by atoms with van der Waals surface area (Å²) < 4.78 is 0. The smallest absolute Gasteiger partial charge is 0.258 e. The van der Waals surface area contributed by atoms with Gasteiger partial charge in [0.2, 0.25) is 12.1 Å². The molecule has 0 aliphatic carbocycles. The first-order valence-electron chi connectivity index (χ1n) is 18.0. The van der Waals surface area contributed by atoms with Crippen molar-refractivity contribution in [1.29, 1.82) is 0 Å². The van der Waals surface area contributed by atoms with Gasteiger partial charge in [0, 0.05) is 21.4 Å². The van der Waals surface area contributed by atoms with Crippen LogP contribution < -0.4 is 21.3 Å². The van der Waals surface area contributed by atoms with E-state index in [4.69, 9.17) is 69.6 Å². The SMILES string of the molecule is CC(=O)C(N=Nc1ccc(Cl)c(C(=O)Nc2cc(Cl)ccc2Cl)c1)C(=O)Nc1ccc(NC(=O)C(N=Nc2ccc(Cl)c(C(=O)Nc3cc(Cl)ccc3Cl)c2)C(C)=O)c(C)c1C. The van der Waals surface area contributed by atoms with Gasteiger partial charge < -0.3 is 21.3 Å². The summed E-state index contributed by atoms with van der Waals surface area (Å²) in [5.74, 6) is -4.12. The van der Waals surface area contributed by atoms with Crippen LogP contribution in [0.5, 0.6) is 0 Å². The molecule has 0 saturated heterocycles. The molecule has 0 fully saturated rings. The number of ketones is 2. The van der Waals surface area contributed by atoms with Crippen LogP contribution >= 0.6 is 69.6 Å². The van der Waals surface area contributed by atoms with Gasteiger partial charge in [-0.3, -0.25) is 28.8 Å². The van der Waals surface area contributed by atoms with Crippen molar-refractivity contribution >= 4 is 139 Å². The second-order valence-corrected chi connectivity index (χ2v) is 15.8. The van der Waals surface area contributed by atoms with Gasteiger partial charge in [0.25, 0.3) is 23.6 Å². The fraction of sp³-hybridized carbons (Fsp3) is 0.143. The molecule has 2 atom stereocenters. The molecule has 0 aliphatic heterocycles. The zero-order valence-electron chi connectivity index (χ0n) is 32.7. The van der Waals surface area contributed by atoms with Crippen molar-refractivity contribution in [3.8, 4) is 0 Å². The second kappa shape index (κ2) is 20.9. The van der Waals surface area contributed by atoms with E-state index in [2.05, 4.69) is 41.7 Å². The number of halogens is 6. The average Bonchev–Trinajstić information content (AvgIpc) is 3.21. The molecule has 5 rings (SSSR count). The van der Waals surface area contributed by atoms with Crippen LogP contribution in [-0.4, -0.2) is 47.3 Å². The number of hydrogen-bond acceptors (Lipinski definition) is 10. The number of hydrogen-bond donors (Lipinski definition) is 4. The number of nitrogens with one attached hydrogen (secondary N) is 4. The Hall–Kier alpha value is -5.74. The monoisotopic (exact) mass is 954 g/mol. The molecule has 62 heavy (non-hydrogen) atoms. The van der Waals surface area contributed by atoms with Gasteiger partial charge in [0.1, 0.15) is 0 Å². The number of rotatable bonds is 14. The third-order valence-electron chi connectivity index (χ3n) is 8.89. The first kappa shape index (κ1) is 47.3. The van der Waals surface area contributed by atoms with Gasteiger partial charge in [0.15, 0.2) is 11.6 Å². The van der Waals surface area contributed by atoms with Crippen LogP contribution in [0.3, 0.4) is 0 Å². The normalized spacial score (nSPS) is 12.2. The Labute approximate surface area is 384 Å². The molecule has 0 heterocycles. The lowest BCUT2D eigenvalue weighted by atomic mass is 10.0. The maximum atomic E-state index is 13.4. The number of anilines is 4. The molecular weight excluding hydrogens is 925 g/mol. The quantitative estimate of drug-likeness (QED) is 0.0630. The molecule has 0 aliphatic rings. The van der Waals surface area contributed by atoms with Gasteiger partial charge in [-0.05, 0) is 124 Å². The minimum absolute atomic E-state index is 0.0118. The molecule has 318 valence electrons. The van der Waals surface area contributed by atoms with Crippen LogP contribution in [0.4, 0.5) is 34.1 Å². The number of carbonyl (C=O) groups excluding carboxylic acids is 6. The molecule has 2 unspecified atom stereocenters. The van der Waals surface area contributed by atoms with Gasteiger partial charge >= 0.3 is 0 Å². The molecule has 5 aromatic carbocycles. The zero-order valence-corrected chi connectivity index (χ0v) is 37.3. The number of nitrogens with zero attached hydrogens (tertiary/aromatic N) is 4. The largest absolute Gasteiger partial charge is 0.324 e. The second-order valence-electron chi connectivity index (χ2n) is 13.3. The van der Waals surface area contributed by atoms with E-state index in [0.29, 0.717) is 32.5 Å². The summed E-state index contributed by atoms with van der Waals surface area (Å²) >= 11 is 37.0. The Morgan fingerprint density at radius 1 is 0.452 bits per heavy atom. The van der Waals surface area contributed by atoms with E-state index in [9.17, 15) is 28.8 Å². The number of amides is 4. The van der Waals surface area contributed by atoms with Crippen molar-refractivity contribution in [3.05, 3.63) is 137 Å². The number of azo groups is 2. The Balaban J connectivity index is 1.26. The third-order valence-corrected chi connectivity index (χ3v) is 10.7. The van der Waals surface area contributed by atoms with Gasteiger partial charge in [-0.25, -0.2) is 0 Å². The van der Waals surface area contributed by atoms with Crippen LogP contribution in [0.1, 0.15) is 45.7 Å². The summed E-state index contributed by atoms with van der Waals surface area (Å²) in [6.07, 6.45) is 0. The predicted molar refractivity (Wildman–Crippen MR) is 243 cm³/mol. The Morgan fingerprint density at radius 2 is 0.806 bits per heavy atom. The summed E-state index contributed by atoms with van der Waals surface area (Å²) in [5, 5.41) is 27.9. The lowest BCUT2D eigenvalue weighted by molar-refractivity contribution is -0.127. The fourth-order valence-corrected chi connectivity index (χ4v) is 6.52. The van der Waals surface area contributed by atoms with Crippen LogP contribution in [0.25, 0.3) is 0 Å². The van der Waals surface area contributed by atoms with Gasteiger partial charge in [0.05, 0.1) is 54.0 Å². The van der Waals surface area contributed by atoms with Gasteiger partial charge in [-0.2, -0.15) is 20.5 Å². The Kier molecular flexibility index (Phi) is 15.9. The van der Waals surface area contributed by atoms with E-state index in [1.165, 1.54) is 86.6 Å². The van der Waals surface area contributed by atoms with E-state index < -0.39 is 47.3 Å². The van der Waals surface area contributed by atoms with Crippen molar-refractivity contribution in [1.82, 2.24) is 0 Å². The predicted octanol–water partition coefficient (Wildman–Crippen LogP) is 12.1. The molecule has 5 aromatic rings. The molecule has 4 amide bonds. The molecule has 14 nitrogen and oxygen atoms in total. The maximum Gasteiger partial charge on any atom is 0.258 e. The number of benzene rings is 5. The van der Waals surface area contributed by atoms with Gasteiger partial charge in [-0.1, -0.05) is 69.6 Å². The lowest BCUT2D eigenvalue weighted by Gasteiger charge is -2.17.